The van der Waals surface area contributed by atoms with Gasteiger partial charge in [0, 0.05) is 12.5 Å². The van der Waals surface area contributed by atoms with Gasteiger partial charge in [-0.3, -0.25) is 0 Å². The Kier molecular flexibility index (Phi) is 3.87. The van der Waals surface area contributed by atoms with Gasteiger partial charge in [-0.1, -0.05) is 12.1 Å². The molecule has 0 spiro atoms. The van der Waals surface area contributed by atoms with E-state index in [2.05, 4.69) is 5.32 Å². The van der Waals surface area contributed by atoms with Crippen molar-refractivity contribution in [1.82, 2.24) is 5.32 Å². The van der Waals surface area contributed by atoms with Crippen LogP contribution in [0.5, 0.6) is 0 Å². The fourth-order valence-corrected chi connectivity index (χ4v) is 2.56. The van der Waals surface area contributed by atoms with Crippen molar-refractivity contribution >= 4 is 0 Å². The quantitative estimate of drug-likeness (QED) is 0.868. The number of aliphatic hydroxyl groups is 1. The molecule has 0 amide bonds. The third kappa shape index (κ3) is 3.09. The first-order valence-corrected chi connectivity index (χ1v) is 6.42. The second-order valence-corrected chi connectivity index (χ2v) is 5.27. The van der Waals surface area contributed by atoms with Crippen molar-refractivity contribution in [1.29, 1.82) is 0 Å². The molecule has 0 saturated carbocycles. The first-order chi connectivity index (χ1) is 8.82. The predicted molar refractivity (Wildman–Crippen MR) is 66.6 cm³/mol. The van der Waals surface area contributed by atoms with Crippen LogP contribution in [0, 0.1) is 5.92 Å². The molecule has 1 fully saturated rings. The first-order valence-electron chi connectivity index (χ1n) is 6.42. The molecule has 5 heteroatoms. The van der Waals surface area contributed by atoms with Crippen molar-refractivity contribution in [3.05, 3.63) is 35.4 Å². The minimum Gasteiger partial charge on any atom is -0.385 e. The highest BCUT2D eigenvalue weighted by Gasteiger charge is 2.36. The van der Waals surface area contributed by atoms with Crippen molar-refractivity contribution in [2.45, 2.75) is 31.5 Å². The van der Waals surface area contributed by atoms with Crippen LogP contribution in [0.2, 0.25) is 0 Å². The highest BCUT2D eigenvalue weighted by molar-refractivity contribution is 5.29. The molecule has 2 rings (SSSR count). The Balaban J connectivity index is 2.20. The van der Waals surface area contributed by atoms with Crippen molar-refractivity contribution in [2.24, 2.45) is 5.92 Å². The van der Waals surface area contributed by atoms with Crippen molar-refractivity contribution in [3.63, 3.8) is 0 Å². The number of hydrogen-bond donors (Lipinski definition) is 2. The molecule has 1 saturated heterocycles. The van der Waals surface area contributed by atoms with E-state index in [4.69, 9.17) is 0 Å². The number of nitrogens with one attached hydrogen (secondary N) is 1. The van der Waals surface area contributed by atoms with Crippen LogP contribution >= 0.6 is 0 Å². The molecule has 2 unspecified atom stereocenters. The summed E-state index contributed by atoms with van der Waals surface area (Å²) in [7, 11) is 0. The Labute approximate surface area is 110 Å². The average Bonchev–Trinajstić information content (AvgIpc) is 2.39. The smallest absolute Gasteiger partial charge is 0.385 e. The van der Waals surface area contributed by atoms with Crippen molar-refractivity contribution in [3.8, 4) is 0 Å². The fraction of sp³-hybridized carbons (Fsp3) is 0.571. The number of halogens is 3. The summed E-state index contributed by atoms with van der Waals surface area (Å²) in [6.45, 7) is 3.29. The standard InChI is InChI=1S/C14H18F3NO/c1-13(19,12-3-2-8-18-9-12)10-4-6-11(7-5-10)14(15,16)17/h4-7,12,18-19H,2-3,8-9H2,1H3. The van der Waals surface area contributed by atoms with E-state index in [-0.39, 0.29) is 5.92 Å². The maximum absolute atomic E-state index is 12.5. The fourth-order valence-electron chi connectivity index (χ4n) is 2.56. The van der Waals surface area contributed by atoms with Gasteiger partial charge in [0.25, 0.3) is 0 Å². The summed E-state index contributed by atoms with van der Waals surface area (Å²) in [6.07, 6.45) is -2.49. The van der Waals surface area contributed by atoms with E-state index in [0.29, 0.717) is 12.1 Å². The lowest BCUT2D eigenvalue weighted by Gasteiger charge is -2.36. The van der Waals surface area contributed by atoms with Gasteiger partial charge < -0.3 is 10.4 Å². The van der Waals surface area contributed by atoms with Gasteiger partial charge in [-0.25, -0.2) is 0 Å². The summed E-state index contributed by atoms with van der Waals surface area (Å²) in [5.74, 6) is 0.0259. The van der Waals surface area contributed by atoms with Crippen LogP contribution < -0.4 is 5.32 Å². The minimum atomic E-state index is -4.34. The number of hydrogen-bond acceptors (Lipinski definition) is 2. The number of benzene rings is 1. The van der Waals surface area contributed by atoms with Gasteiger partial charge in [-0.15, -0.1) is 0 Å². The molecule has 1 aromatic carbocycles. The maximum Gasteiger partial charge on any atom is 0.416 e. The Morgan fingerprint density at radius 1 is 1.16 bits per heavy atom. The molecule has 0 aliphatic carbocycles. The second-order valence-electron chi connectivity index (χ2n) is 5.27. The zero-order valence-electron chi connectivity index (χ0n) is 10.8. The third-order valence-corrected chi connectivity index (χ3v) is 3.89. The van der Waals surface area contributed by atoms with Gasteiger partial charge >= 0.3 is 6.18 Å². The molecule has 1 aliphatic rings. The number of alkyl halides is 3. The van der Waals surface area contributed by atoms with Gasteiger partial charge in [-0.05, 0) is 44.0 Å². The third-order valence-electron chi connectivity index (χ3n) is 3.89. The molecule has 2 N–H and O–H groups in total. The highest BCUT2D eigenvalue weighted by Crippen LogP contribution is 2.35. The molecule has 1 aromatic rings. The summed E-state index contributed by atoms with van der Waals surface area (Å²) in [5.41, 5.74) is -1.25. The molecule has 0 radical (unpaired) electrons. The monoisotopic (exact) mass is 273 g/mol. The van der Waals surface area contributed by atoms with Crippen LogP contribution in [0.3, 0.4) is 0 Å². The zero-order chi connectivity index (χ0) is 14.1. The lowest BCUT2D eigenvalue weighted by atomic mass is 9.78. The summed E-state index contributed by atoms with van der Waals surface area (Å²) < 4.78 is 37.5. The molecule has 106 valence electrons. The van der Waals surface area contributed by atoms with Crippen molar-refractivity contribution < 1.29 is 18.3 Å². The largest absolute Gasteiger partial charge is 0.416 e. The van der Waals surface area contributed by atoms with Gasteiger partial charge in [0.2, 0.25) is 0 Å². The number of rotatable bonds is 2. The molecule has 1 aliphatic heterocycles. The Morgan fingerprint density at radius 2 is 1.74 bits per heavy atom. The Hall–Kier alpha value is -1.07. The molecule has 2 atom stereocenters. The van der Waals surface area contributed by atoms with E-state index in [9.17, 15) is 18.3 Å². The maximum atomic E-state index is 12.5. The van der Waals surface area contributed by atoms with E-state index in [0.717, 1.165) is 31.5 Å². The van der Waals surface area contributed by atoms with Gasteiger partial charge in [0.15, 0.2) is 0 Å². The second kappa shape index (κ2) is 5.13. The van der Waals surface area contributed by atoms with E-state index >= 15 is 0 Å². The van der Waals surface area contributed by atoms with Crippen molar-refractivity contribution in [2.75, 3.05) is 13.1 Å². The summed E-state index contributed by atoms with van der Waals surface area (Å²) in [4.78, 5) is 0. The van der Waals surface area contributed by atoms with Crippen LogP contribution in [-0.2, 0) is 11.8 Å². The summed E-state index contributed by atoms with van der Waals surface area (Å²) in [6, 6.07) is 4.80. The highest BCUT2D eigenvalue weighted by atomic mass is 19.4. The summed E-state index contributed by atoms with van der Waals surface area (Å²) >= 11 is 0. The predicted octanol–water partition coefficient (Wildman–Crippen LogP) is 2.91. The molecule has 0 bridgehead atoms. The van der Waals surface area contributed by atoms with Crippen LogP contribution in [0.25, 0.3) is 0 Å². The van der Waals surface area contributed by atoms with Gasteiger partial charge in [-0.2, -0.15) is 13.2 Å². The van der Waals surface area contributed by atoms with E-state index in [1.54, 1.807) is 6.92 Å². The molecule has 19 heavy (non-hydrogen) atoms. The normalized spacial score (nSPS) is 23.9. The zero-order valence-corrected chi connectivity index (χ0v) is 10.8. The molecular weight excluding hydrogens is 255 g/mol. The van der Waals surface area contributed by atoms with Gasteiger partial charge in [0.1, 0.15) is 0 Å². The van der Waals surface area contributed by atoms with Crippen LogP contribution in [0.1, 0.15) is 30.9 Å². The minimum absolute atomic E-state index is 0.0259. The topological polar surface area (TPSA) is 32.3 Å². The molecule has 0 aromatic heterocycles. The lowest BCUT2D eigenvalue weighted by molar-refractivity contribution is -0.137. The molecular formula is C14H18F3NO. The van der Waals surface area contributed by atoms with E-state index in [1.807, 2.05) is 0 Å². The van der Waals surface area contributed by atoms with E-state index in [1.165, 1.54) is 12.1 Å². The average molecular weight is 273 g/mol. The van der Waals surface area contributed by atoms with Crippen LogP contribution in [0.4, 0.5) is 13.2 Å². The van der Waals surface area contributed by atoms with Gasteiger partial charge in [0.05, 0.1) is 11.2 Å². The summed E-state index contributed by atoms with van der Waals surface area (Å²) in [5, 5.41) is 13.8. The molecule has 2 nitrogen and oxygen atoms in total. The first kappa shape index (κ1) is 14.3. The van der Waals surface area contributed by atoms with Crippen LogP contribution in [-0.4, -0.2) is 18.2 Å². The Morgan fingerprint density at radius 3 is 2.21 bits per heavy atom. The van der Waals surface area contributed by atoms with Crippen LogP contribution in [0.15, 0.2) is 24.3 Å². The SMILES string of the molecule is CC(O)(c1ccc(C(F)(F)F)cc1)C1CCCNC1. The van der Waals surface area contributed by atoms with E-state index < -0.39 is 17.3 Å². The Bertz CT molecular complexity index is 419. The lowest BCUT2D eigenvalue weighted by Crippen LogP contribution is -2.42. The molecule has 1 heterocycles. The number of piperidine rings is 1.